The van der Waals surface area contributed by atoms with Crippen molar-refractivity contribution >= 4 is 17.2 Å². The number of carbonyl (C=O) groups is 1. The Labute approximate surface area is 144 Å². The summed E-state index contributed by atoms with van der Waals surface area (Å²) in [7, 11) is 4.00. The van der Waals surface area contributed by atoms with Crippen molar-refractivity contribution in [3.05, 3.63) is 64.8 Å². The van der Waals surface area contributed by atoms with Gasteiger partial charge in [-0.05, 0) is 36.5 Å². The summed E-state index contributed by atoms with van der Waals surface area (Å²) < 4.78 is 5.42. The van der Waals surface area contributed by atoms with Gasteiger partial charge in [-0.2, -0.15) is 11.3 Å². The fraction of sp³-hybridized carbons (Fsp3) is 0.222. The van der Waals surface area contributed by atoms with Gasteiger partial charge in [0.2, 0.25) is 0 Å². The van der Waals surface area contributed by atoms with Gasteiger partial charge in [0, 0.05) is 12.1 Å². The van der Waals surface area contributed by atoms with E-state index in [1.807, 2.05) is 49.8 Å². The first-order valence-corrected chi connectivity index (χ1v) is 8.56. The van der Waals surface area contributed by atoms with E-state index >= 15 is 0 Å². The van der Waals surface area contributed by atoms with E-state index in [0.717, 1.165) is 5.56 Å². The van der Waals surface area contributed by atoms with Gasteiger partial charge in [-0.15, -0.1) is 0 Å². The SMILES string of the molecule is CN(C)[C@@H](CNC(=O)c1ncoc1-c1ccccc1)c1ccsc1. The van der Waals surface area contributed by atoms with Gasteiger partial charge >= 0.3 is 0 Å². The quantitative estimate of drug-likeness (QED) is 0.746. The summed E-state index contributed by atoms with van der Waals surface area (Å²) in [6.45, 7) is 0.504. The Hall–Kier alpha value is -2.44. The third-order valence-corrected chi connectivity index (χ3v) is 4.53. The molecule has 0 saturated heterocycles. The molecule has 1 N–H and O–H groups in total. The summed E-state index contributed by atoms with van der Waals surface area (Å²) in [4.78, 5) is 18.7. The van der Waals surface area contributed by atoms with E-state index in [1.54, 1.807) is 11.3 Å². The minimum atomic E-state index is -0.232. The van der Waals surface area contributed by atoms with Gasteiger partial charge in [0.25, 0.3) is 5.91 Å². The highest BCUT2D eigenvalue weighted by molar-refractivity contribution is 7.07. The van der Waals surface area contributed by atoms with Crippen molar-refractivity contribution in [2.75, 3.05) is 20.6 Å². The van der Waals surface area contributed by atoms with Gasteiger partial charge in [0.1, 0.15) is 0 Å². The van der Waals surface area contributed by atoms with Crippen LogP contribution in [0, 0.1) is 0 Å². The third kappa shape index (κ3) is 3.55. The van der Waals surface area contributed by atoms with E-state index in [4.69, 9.17) is 4.42 Å². The van der Waals surface area contributed by atoms with Gasteiger partial charge in [0.05, 0.1) is 6.04 Å². The molecular weight excluding hydrogens is 322 g/mol. The van der Waals surface area contributed by atoms with Crippen molar-refractivity contribution in [2.24, 2.45) is 0 Å². The maximum atomic E-state index is 12.5. The van der Waals surface area contributed by atoms with Gasteiger partial charge < -0.3 is 14.6 Å². The van der Waals surface area contributed by atoms with Crippen LogP contribution in [-0.2, 0) is 0 Å². The number of rotatable bonds is 6. The summed E-state index contributed by atoms with van der Waals surface area (Å²) in [5.74, 6) is 0.259. The van der Waals surface area contributed by atoms with E-state index < -0.39 is 0 Å². The highest BCUT2D eigenvalue weighted by atomic mass is 32.1. The van der Waals surface area contributed by atoms with Crippen LogP contribution in [0.25, 0.3) is 11.3 Å². The lowest BCUT2D eigenvalue weighted by atomic mass is 10.1. The van der Waals surface area contributed by atoms with E-state index in [0.29, 0.717) is 18.0 Å². The number of thiophene rings is 1. The summed E-state index contributed by atoms with van der Waals surface area (Å²) in [5.41, 5.74) is 2.33. The molecule has 1 atom stereocenters. The Bertz CT molecular complexity index is 782. The van der Waals surface area contributed by atoms with Crippen LogP contribution in [0.2, 0.25) is 0 Å². The molecule has 0 radical (unpaired) electrons. The number of carbonyl (C=O) groups excluding carboxylic acids is 1. The number of hydrogen-bond donors (Lipinski definition) is 1. The zero-order valence-corrected chi connectivity index (χ0v) is 14.4. The highest BCUT2D eigenvalue weighted by Gasteiger charge is 2.21. The summed E-state index contributed by atoms with van der Waals surface area (Å²) in [6.07, 6.45) is 1.31. The number of nitrogens with one attached hydrogen (secondary N) is 1. The average Bonchev–Trinajstić information content (AvgIpc) is 3.27. The Morgan fingerprint density at radius 2 is 2.08 bits per heavy atom. The number of nitrogens with zero attached hydrogens (tertiary/aromatic N) is 2. The zero-order valence-electron chi connectivity index (χ0n) is 13.6. The monoisotopic (exact) mass is 341 g/mol. The lowest BCUT2D eigenvalue weighted by Crippen LogP contribution is -2.34. The number of aromatic nitrogens is 1. The van der Waals surface area contributed by atoms with E-state index in [9.17, 15) is 4.79 Å². The average molecular weight is 341 g/mol. The summed E-state index contributed by atoms with van der Waals surface area (Å²) in [5, 5.41) is 7.11. The highest BCUT2D eigenvalue weighted by Crippen LogP contribution is 2.23. The molecule has 0 bridgehead atoms. The van der Waals surface area contributed by atoms with Crippen molar-refractivity contribution in [2.45, 2.75) is 6.04 Å². The van der Waals surface area contributed by atoms with Crippen LogP contribution in [0.5, 0.6) is 0 Å². The molecule has 0 saturated carbocycles. The Morgan fingerprint density at radius 1 is 1.29 bits per heavy atom. The molecule has 0 spiro atoms. The number of hydrogen-bond acceptors (Lipinski definition) is 5. The maximum absolute atomic E-state index is 12.5. The second kappa shape index (κ2) is 7.42. The van der Waals surface area contributed by atoms with Crippen LogP contribution in [0.3, 0.4) is 0 Å². The van der Waals surface area contributed by atoms with Crippen LogP contribution in [0.15, 0.2) is 58.0 Å². The molecule has 1 aromatic carbocycles. The Morgan fingerprint density at radius 3 is 2.75 bits per heavy atom. The molecule has 3 rings (SSSR count). The molecule has 0 fully saturated rings. The lowest BCUT2D eigenvalue weighted by molar-refractivity contribution is 0.0938. The van der Waals surface area contributed by atoms with Gasteiger partial charge in [-0.25, -0.2) is 4.98 Å². The zero-order chi connectivity index (χ0) is 16.9. The first-order valence-electron chi connectivity index (χ1n) is 7.62. The van der Waals surface area contributed by atoms with Crippen LogP contribution in [0.4, 0.5) is 0 Å². The minimum absolute atomic E-state index is 0.118. The molecule has 2 aromatic heterocycles. The topological polar surface area (TPSA) is 58.4 Å². The number of benzene rings is 1. The molecule has 3 aromatic rings. The van der Waals surface area contributed by atoms with Crippen molar-refractivity contribution in [3.63, 3.8) is 0 Å². The van der Waals surface area contributed by atoms with Crippen molar-refractivity contribution in [1.82, 2.24) is 15.2 Å². The number of amides is 1. The lowest BCUT2D eigenvalue weighted by Gasteiger charge is -2.23. The smallest absolute Gasteiger partial charge is 0.273 e. The van der Waals surface area contributed by atoms with E-state index in [2.05, 4.69) is 26.6 Å². The summed E-state index contributed by atoms with van der Waals surface area (Å²) in [6, 6.07) is 11.7. The van der Waals surface area contributed by atoms with Crippen LogP contribution >= 0.6 is 11.3 Å². The first-order chi connectivity index (χ1) is 11.7. The Kier molecular flexibility index (Phi) is 5.08. The van der Waals surface area contributed by atoms with Crippen LogP contribution < -0.4 is 5.32 Å². The maximum Gasteiger partial charge on any atom is 0.273 e. The van der Waals surface area contributed by atoms with Crippen molar-refractivity contribution in [3.8, 4) is 11.3 Å². The van der Waals surface area contributed by atoms with E-state index in [1.165, 1.54) is 12.0 Å². The van der Waals surface area contributed by atoms with Gasteiger partial charge in [0.15, 0.2) is 17.8 Å². The molecule has 24 heavy (non-hydrogen) atoms. The fourth-order valence-corrected chi connectivity index (χ4v) is 3.25. The molecule has 6 heteroatoms. The molecule has 1 amide bonds. The molecule has 0 aliphatic carbocycles. The first kappa shape index (κ1) is 16.4. The standard InChI is InChI=1S/C18H19N3O2S/c1-21(2)15(14-8-9-24-11-14)10-19-18(22)16-17(23-12-20-16)13-6-4-3-5-7-13/h3-9,11-12,15H,10H2,1-2H3,(H,19,22)/t15-/m0/s1. The molecule has 0 unspecified atom stereocenters. The number of oxazole rings is 1. The molecule has 5 nitrogen and oxygen atoms in total. The second-order valence-corrected chi connectivity index (χ2v) is 6.42. The molecule has 0 aliphatic heterocycles. The normalized spacial score (nSPS) is 12.3. The molecule has 124 valence electrons. The predicted molar refractivity (Wildman–Crippen MR) is 95.0 cm³/mol. The van der Waals surface area contributed by atoms with Gasteiger partial charge in [-0.3, -0.25) is 4.79 Å². The van der Waals surface area contributed by atoms with Gasteiger partial charge in [-0.1, -0.05) is 30.3 Å². The minimum Gasteiger partial charge on any atom is -0.443 e. The predicted octanol–water partition coefficient (Wildman–Crippen LogP) is 3.44. The fourth-order valence-electron chi connectivity index (χ4n) is 2.54. The van der Waals surface area contributed by atoms with E-state index in [-0.39, 0.29) is 11.9 Å². The Balaban J connectivity index is 1.73. The number of likely N-dealkylation sites (N-methyl/N-ethyl adjacent to an activating group) is 1. The molecule has 0 aliphatic rings. The molecular formula is C18H19N3O2S. The third-order valence-electron chi connectivity index (χ3n) is 3.83. The summed E-state index contributed by atoms with van der Waals surface area (Å²) >= 11 is 1.65. The second-order valence-electron chi connectivity index (χ2n) is 5.64. The van der Waals surface area contributed by atoms with Crippen LogP contribution in [0.1, 0.15) is 22.1 Å². The van der Waals surface area contributed by atoms with Crippen molar-refractivity contribution < 1.29 is 9.21 Å². The van der Waals surface area contributed by atoms with Crippen LogP contribution in [-0.4, -0.2) is 36.4 Å². The largest absolute Gasteiger partial charge is 0.443 e. The van der Waals surface area contributed by atoms with Crippen molar-refractivity contribution in [1.29, 1.82) is 0 Å². The molecule has 2 heterocycles.